The maximum absolute atomic E-state index is 12.2. The predicted octanol–water partition coefficient (Wildman–Crippen LogP) is 2.73. The van der Waals surface area contributed by atoms with Gasteiger partial charge < -0.3 is 4.74 Å². The first kappa shape index (κ1) is 12.0. The lowest BCUT2D eigenvalue weighted by atomic mass is 9.52. The van der Waals surface area contributed by atoms with Crippen LogP contribution in [0.1, 0.15) is 45.4 Å². The molecular weight excluding hydrogens is 228 g/mol. The van der Waals surface area contributed by atoms with Crippen molar-refractivity contribution in [1.29, 1.82) is 0 Å². The van der Waals surface area contributed by atoms with Gasteiger partial charge >= 0.3 is 5.97 Å². The number of hydrogen-bond donors (Lipinski definition) is 0. The van der Waals surface area contributed by atoms with E-state index in [2.05, 4.69) is 0 Å². The maximum atomic E-state index is 12.2. The fourth-order valence-electron chi connectivity index (χ4n) is 4.66. The van der Waals surface area contributed by atoms with E-state index >= 15 is 0 Å². The Kier molecular flexibility index (Phi) is 3.03. The van der Waals surface area contributed by atoms with Crippen molar-refractivity contribution >= 4 is 11.9 Å². The van der Waals surface area contributed by atoms with Gasteiger partial charge in [-0.3, -0.25) is 4.79 Å². The molecule has 4 fully saturated rings. The summed E-state index contributed by atoms with van der Waals surface area (Å²) in [6, 6.07) is 0. The van der Waals surface area contributed by atoms with Crippen LogP contribution in [-0.4, -0.2) is 11.9 Å². The van der Waals surface area contributed by atoms with Gasteiger partial charge in [-0.1, -0.05) is 6.92 Å². The lowest BCUT2D eigenvalue weighted by molar-refractivity contribution is -0.158. The molecule has 0 N–H and O–H groups in total. The van der Waals surface area contributed by atoms with Gasteiger partial charge in [0.25, 0.3) is 0 Å². The summed E-state index contributed by atoms with van der Waals surface area (Å²) in [7, 11) is 0. The largest absolute Gasteiger partial charge is 0.419 e. The van der Waals surface area contributed by atoms with Crippen LogP contribution in [0.15, 0.2) is 5.76 Å². The lowest BCUT2D eigenvalue weighted by Gasteiger charge is -2.53. The van der Waals surface area contributed by atoms with Crippen LogP contribution in [0.5, 0.6) is 0 Å². The predicted molar refractivity (Wildman–Crippen MR) is 66.1 cm³/mol. The summed E-state index contributed by atoms with van der Waals surface area (Å²) >= 11 is 0. The van der Waals surface area contributed by atoms with Gasteiger partial charge in [0.15, 0.2) is 11.7 Å². The summed E-state index contributed by atoms with van der Waals surface area (Å²) in [4.78, 5) is 22.9. The summed E-state index contributed by atoms with van der Waals surface area (Å²) in [6.45, 7) is 1.81. The Labute approximate surface area is 108 Å². The van der Waals surface area contributed by atoms with Gasteiger partial charge in [-0.05, 0) is 55.8 Å². The number of carbonyl (C=O) groups is 1. The smallest absolute Gasteiger partial charge is 0.315 e. The van der Waals surface area contributed by atoms with Crippen molar-refractivity contribution in [3.05, 3.63) is 5.76 Å². The molecule has 0 atom stereocenters. The Balaban J connectivity index is 1.73. The van der Waals surface area contributed by atoms with Gasteiger partial charge in [0.05, 0.1) is 5.92 Å². The van der Waals surface area contributed by atoms with Gasteiger partial charge in [0, 0.05) is 6.42 Å². The minimum atomic E-state index is -0.163. The molecule has 0 spiro atoms. The van der Waals surface area contributed by atoms with Crippen LogP contribution in [0.25, 0.3) is 0 Å². The van der Waals surface area contributed by atoms with Gasteiger partial charge in [-0.25, -0.2) is 4.79 Å². The number of carbonyl (C=O) groups excluding carboxylic acids is 2. The van der Waals surface area contributed by atoms with E-state index in [1.807, 2.05) is 6.92 Å². The topological polar surface area (TPSA) is 43.4 Å². The normalized spacial score (nSPS) is 40.4. The highest BCUT2D eigenvalue weighted by atomic mass is 16.5. The minimum Gasteiger partial charge on any atom is -0.419 e. The fraction of sp³-hybridized carbons (Fsp3) is 0.800. The van der Waals surface area contributed by atoms with Crippen molar-refractivity contribution in [2.75, 3.05) is 0 Å². The average molecular weight is 248 g/mol. The molecule has 0 amide bonds. The number of rotatable bonds is 3. The zero-order valence-electron chi connectivity index (χ0n) is 10.9. The van der Waals surface area contributed by atoms with E-state index in [9.17, 15) is 9.59 Å². The number of ether oxygens (including phenoxy) is 1. The van der Waals surface area contributed by atoms with Gasteiger partial charge in [-0.2, -0.15) is 0 Å². The average Bonchev–Trinajstić information content (AvgIpc) is 2.34. The molecule has 0 aliphatic heterocycles. The summed E-state index contributed by atoms with van der Waals surface area (Å²) in [5.74, 6) is 4.50. The SMILES string of the molecule is CCC(=C=O)OC(=O)C1C2CC3CC(C2)CC1C3. The van der Waals surface area contributed by atoms with Crippen molar-refractivity contribution in [3.63, 3.8) is 0 Å². The zero-order chi connectivity index (χ0) is 12.7. The second-order valence-electron chi connectivity index (χ2n) is 6.26. The number of esters is 1. The zero-order valence-corrected chi connectivity index (χ0v) is 10.9. The Morgan fingerprint density at radius 1 is 1.11 bits per heavy atom. The van der Waals surface area contributed by atoms with Gasteiger partial charge in [0.1, 0.15) is 0 Å². The molecule has 0 aromatic heterocycles. The van der Waals surface area contributed by atoms with E-state index in [-0.39, 0.29) is 17.6 Å². The second kappa shape index (κ2) is 4.55. The first-order chi connectivity index (χ1) is 8.71. The molecule has 4 bridgehead atoms. The van der Waals surface area contributed by atoms with E-state index < -0.39 is 0 Å². The summed E-state index contributed by atoms with van der Waals surface area (Å²) < 4.78 is 5.23. The third-order valence-corrected chi connectivity index (χ3v) is 5.16. The Morgan fingerprint density at radius 3 is 2.11 bits per heavy atom. The van der Waals surface area contributed by atoms with E-state index in [0.29, 0.717) is 18.3 Å². The molecule has 18 heavy (non-hydrogen) atoms. The highest BCUT2D eigenvalue weighted by Gasteiger charge is 2.51. The molecule has 3 heteroatoms. The molecule has 4 rings (SSSR count). The van der Waals surface area contributed by atoms with Crippen LogP contribution < -0.4 is 0 Å². The molecule has 4 aliphatic carbocycles. The highest BCUT2D eigenvalue weighted by Crippen LogP contribution is 2.56. The molecule has 0 aromatic carbocycles. The first-order valence-corrected chi connectivity index (χ1v) is 7.16. The monoisotopic (exact) mass is 248 g/mol. The quantitative estimate of drug-likeness (QED) is 0.438. The molecule has 0 radical (unpaired) electrons. The van der Waals surface area contributed by atoms with E-state index in [1.165, 1.54) is 32.1 Å². The Morgan fingerprint density at radius 2 is 1.67 bits per heavy atom. The van der Waals surface area contributed by atoms with Crippen LogP contribution >= 0.6 is 0 Å². The van der Waals surface area contributed by atoms with Crippen molar-refractivity contribution in [2.45, 2.75) is 45.4 Å². The molecule has 3 nitrogen and oxygen atoms in total. The fourth-order valence-corrected chi connectivity index (χ4v) is 4.66. The molecular formula is C15H20O3. The van der Waals surface area contributed by atoms with E-state index in [4.69, 9.17) is 4.74 Å². The first-order valence-electron chi connectivity index (χ1n) is 7.16. The molecule has 4 aliphatic rings. The van der Waals surface area contributed by atoms with Crippen molar-refractivity contribution in [3.8, 4) is 0 Å². The van der Waals surface area contributed by atoms with Crippen molar-refractivity contribution in [1.82, 2.24) is 0 Å². The minimum absolute atomic E-state index is 0.0488. The molecule has 0 saturated heterocycles. The summed E-state index contributed by atoms with van der Waals surface area (Å²) in [6.07, 6.45) is 6.60. The summed E-state index contributed by atoms with van der Waals surface area (Å²) in [5.41, 5.74) is 0. The number of hydrogen-bond acceptors (Lipinski definition) is 3. The molecule has 0 heterocycles. The summed E-state index contributed by atoms with van der Waals surface area (Å²) in [5, 5.41) is 0. The standard InChI is InChI=1S/C15H20O3/c1-2-13(8-16)18-15(17)14-11-4-9-3-10(6-11)7-12(14)5-9/h9-12,14H,2-7H2,1H3. The second-order valence-corrected chi connectivity index (χ2v) is 6.26. The Hall–Kier alpha value is -1.08. The maximum Gasteiger partial charge on any atom is 0.315 e. The van der Waals surface area contributed by atoms with Crippen molar-refractivity contribution < 1.29 is 14.3 Å². The van der Waals surface area contributed by atoms with Gasteiger partial charge in [0.2, 0.25) is 0 Å². The van der Waals surface area contributed by atoms with Crippen molar-refractivity contribution in [2.24, 2.45) is 29.6 Å². The highest BCUT2D eigenvalue weighted by molar-refractivity contribution is 5.76. The molecule has 98 valence electrons. The van der Waals surface area contributed by atoms with E-state index in [0.717, 1.165) is 11.8 Å². The third-order valence-electron chi connectivity index (χ3n) is 5.16. The van der Waals surface area contributed by atoms with Crippen LogP contribution in [0.2, 0.25) is 0 Å². The van der Waals surface area contributed by atoms with E-state index in [1.54, 1.807) is 5.94 Å². The van der Waals surface area contributed by atoms with Crippen LogP contribution in [0.3, 0.4) is 0 Å². The third kappa shape index (κ3) is 1.91. The number of allylic oxidation sites excluding steroid dienone is 1. The Bertz CT molecular complexity index is 378. The van der Waals surface area contributed by atoms with Crippen LogP contribution in [0, 0.1) is 29.6 Å². The molecule has 0 unspecified atom stereocenters. The molecule has 0 aromatic rings. The van der Waals surface area contributed by atoms with Crippen LogP contribution in [0.4, 0.5) is 0 Å². The molecule has 4 saturated carbocycles. The van der Waals surface area contributed by atoms with Gasteiger partial charge in [-0.15, -0.1) is 0 Å². The van der Waals surface area contributed by atoms with Crippen LogP contribution in [-0.2, 0) is 14.3 Å². The lowest BCUT2D eigenvalue weighted by Crippen LogP contribution is -2.48.